The highest BCUT2D eigenvalue weighted by molar-refractivity contribution is 6.07. The summed E-state index contributed by atoms with van der Waals surface area (Å²) in [4.78, 5) is 44.0. The number of hydrogen-bond donors (Lipinski definition) is 3. The minimum absolute atomic E-state index is 0.0448. The molecule has 0 saturated heterocycles. The monoisotopic (exact) mass is 312 g/mol. The van der Waals surface area contributed by atoms with E-state index in [1.165, 1.54) is 13.0 Å². The summed E-state index contributed by atoms with van der Waals surface area (Å²) in [6.07, 6.45) is 0.690. The molecule has 0 radical (unpaired) electrons. The molecule has 0 heterocycles. The number of aliphatic carboxylic acids is 3. The third-order valence-corrected chi connectivity index (χ3v) is 2.97. The fraction of sp³-hybridized carbons (Fsp3) is 0.467. The molecule has 3 N–H and O–H groups in total. The Labute approximate surface area is 127 Å². The van der Waals surface area contributed by atoms with E-state index in [1.54, 1.807) is 6.92 Å². The normalized spacial score (nSPS) is 12.5. The Balaban J connectivity index is 5.16. The van der Waals surface area contributed by atoms with E-state index in [0.717, 1.165) is 0 Å². The van der Waals surface area contributed by atoms with Gasteiger partial charge in [-0.05, 0) is 32.8 Å². The summed E-state index contributed by atoms with van der Waals surface area (Å²) < 4.78 is 0. The van der Waals surface area contributed by atoms with Crippen LogP contribution in [0.3, 0.4) is 0 Å². The SMILES string of the molecule is C/C(CCC(=O)O)=C(\CC(=O)O)C(=O)/C=C(\C)CCC(=O)O. The molecule has 0 saturated carbocycles. The lowest BCUT2D eigenvalue weighted by atomic mass is 9.96. The van der Waals surface area contributed by atoms with Gasteiger partial charge in [-0.1, -0.05) is 11.1 Å². The van der Waals surface area contributed by atoms with Crippen molar-refractivity contribution in [3.63, 3.8) is 0 Å². The largest absolute Gasteiger partial charge is 0.481 e. The first-order valence-electron chi connectivity index (χ1n) is 6.69. The molecular formula is C15H20O7. The van der Waals surface area contributed by atoms with E-state index < -0.39 is 30.1 Å². The molecule has 0 amide bonds. The van der Waals surface area contributed by atoms with Gasteiger partial charge in [-0.3, -0.25) is 19.2 Å². The molecule has 0 aliphatic rings. The Morgan fingerprint density at radius 3 is 1.73 bits per heavy atom. The Kier molecular flexibility index (Phi) is 8.44. The fourth-order valence-electron chi connectivity index (χ4n) is 1.73. The molecule has 0 bridgehead atoms. The molecule has 0 spiro atoms. The van der Waals surface area contributed by atoms with Crippen LogP contribution in [0.2, 0.25) is 0 Å². The predicted molar refractivity (Wildman–Crippen MR) is 77.5 cm³/mol. The molecular weight excluding hydrogens is 292 g/mol. The van der Waals surface area contributed by atoms with Gasteiger partial charge < -0.3 is 15.3 Å². The summed E-state index contributed by atoms with van der Waals surface area (Å²) in [5.41, 5.74) is 0.988. The zero-order chi connectivity index (χ0) is 17.3. The van der Waals surface area contributed by atoms with Crippen molar-refractivity contribution in [3.8, 4) is 0 Å². The zero-order valence-electron chi connectivity index (χ0n) is 12.6. The molecule has 0 fully saturated rings. The highest BCUT2D eigenvalue weighted by Gasteiger charge is 2.16. The van der Waals surface area contributed by atoms with Crippen LogP contribution in [0, 0.1) is 0 Å². The van der Waals surface area contributed by atoms with E-state index >= 15 is 0 Å². The van der Waals surface area contributed by atoms with Crippen LogP contribution in [0.15, 0.2) is 22.8 Å². The van der Waals surface area contributed by atoms with Crippen LogP contribution in [0.4, 0.5) is 0 Å². The van der Waals surface area contributed by atoms with Crippen LogP contribution in [-0.4, -0.2) is 39.0 Å². The number of hydrogen-bond acceptors (Lipinski definition) is 4. The molecule has 0 aromatic carbocycles. The highest BCUT2D eigenvalue weighted by atomic mass is 16.4. The quantitative estimate of drug-likeness (QED) is 0.526. The van der Waals surface area contributed by atoms with Crippen LogP contribution in [-0.2, 0) is 19.2 Å². The Morgan fingerprint density at radius 2 is 1.27 bits per heavy atom. The molecule has 0 aromatic rings. The Morgan fingerprint density at radius 1 is 0.773 bits per heavy atom. The van der Waals surface area contributed by atoms with Gasteiger partial charge in [0.2, 0.25) is 0 Å². The first-order chi connectivity index (χ1) is 10.1. The van der Waals surface area contributed by atoms with Crippen molar-refractivity contribution in [2.75, 3.05) is 0 Å². The van der Waals surface area contributed by atoms with Crippen LogP contribution < -0.4 is 0 Å². The molecule has 7 nitrogen and oxygen atoms in total. The van der Waals surface area contributed by atoms with Gasteiger partial charge in [0.15, 0.2) is 5.78 Å². The molecule has 0 rings (SSSR count). The summed E-state index contributed by atoms with van der Waals surface area (Å²) in [6.45, 7) is 3.12. The van der Waals surface area contributed by atoms with E-state index in [9.17, 15) is 19.2 Å². The smallest absolute Gasteiger partial charge is 0.307 e. The lowest BCUT2D eigenvalue weighted by molar-refractivity contribution is -0.138. The van der Waals surface area contributed by atoms with E-state index in [-0.39, 0.29) is 31.3 Å². The number of carboxylic acid groups (broad SMARTS) is 3. The molecule has 0 unspecified atom stereocenters. The minimum Gasteiger partial charge on any atom is -0.481 e. The highest BCUT2D eigenvalue weighted by Crippen LogP contribution is 2.17. The van der Waals surface area contributed by atoms with Gasteiger partial charge in [0.05, 0.1) is 6.42 Å². The number of ketones is 1. The van der Waals surface area contributed by atoms with Gasteiger partial charge in [0, 0.05) is 18.4 Å². The predicted octanol–water partition coefficient (Wildman–Crippen LogP) is 2.02. The lowest BCUT2D eigenvalue weighted by Gasteiger charge is -2.08. The second-order valence-electron chi connectivity index (χ2n) is 4.97. The maximum atomic E-state index is 12.1. The van der Waals surface area contributed by atoms with E-state index in [0.29, 0.717) is 11.1 Å². The topological polar surface area (TPSA) is 129 Å². The first kappa shape index (κ1) is 19.6. The second-order valence-corrected chi connectivity index (χ2v) is 4.97. The van der Waals surface area contributed by atoms with Crippen LogP contribution in [0.1, 0.15) is 46.0 Å². The number of carbonyl (C=O) groups excluding carboxylic acids is 1. The molecule has 0 atom stereocenters. The summed E-state index contributed by atoms with van der Waals surface area (Å²) >= 11 is 0. The minimum atomic E-state index is -1.19. The van der Waals surface area contributed by atoms with Crippen LogP contribution >= 0.6 is 0 Å². The van der Waals surface area contributed by atoms with Gasteiger partial charge >= 0.3 is 17.9 Å². The van der Waals surface area contributed by atoms with Gasteiger partial charge in [-0.25, -0.2) is 0 Å². The standard InChI is InChI=1S/C15H20O7/c1-9(3-5-13(17)18)7-12(16)11(8-15(21)22)10(2)4-6-14(19)20/h7H,3-6,8H2,1-2H3,(H,17,18)(H,19,20)(H,21,22)/b9-7+,11-10-. The van der Waals surface area contributed by atoms with Crippen molar-refractivity contribution in [1.82, 2.24) is 0 Å². The van der Waals surface area contributed by atoms with Gasteiger partial charge in [-0.15, -0.1) is 0 Å². The zero-order valence-corrected chi connectivity index (χ0v) is 12.6. The summed E-state index contributed by atoms with van der Waals surface area (Å²) in [6, 6.07) is 0. The van der Waals surface area contributed by atoms with E-state index in [1.807, 2.05) is 0 Å². The average Bonchev–Trinajstić information content (AvgIpc) is 2.39. The van der Waals surface area contributed by atoms with Crippen molar-refractivity contribution in [2.24, 2.45) is 0 Å². The summed E-state index contributed by atoms with van der Waals surface area (Å²) in [7, 11) is 0. The molecule has 7 heteroatoms. The van der Waals surface area contributed by atoms with E-state index in [2.05, 4.69) is 0 Å². The third-order valence-electron chi connectivity index (χ3n) is 2.97. The number of carboxylic acids is 3. The average molecular weight is 312 g/mol. The van der Waals surface area contributed by atoms with Gasteiger partial charge in [0.25, 0.3) is 0 Å². The van der Waals surface area contributed by atoms with Crippen molar-refractivity contribution < 1.29 is 34.5 Å². The molecule has 0 aliphatic heterocycles. The van der Waals surface area contributed by atoms with Crippen molar-refractivity contribution >= 4 is 23.7 Å². The molecule has 22 heavy (non-hydrogen) atoms. The van der Waals surface area contributed by atoms with Gasteiger partial charge in [-0.2, -0.15) is 0 Å². The molecule has 0 aliphatic carbocycles. The Bertz CT molecular complexity index is 526. The number of rotatable bonds is 10. The maximum Gasteiger partial charge on any atom is 0.307 e. The summed E-state index contributed by atoms with van der Waals surface area (Å²) in [5, 5.41) is 26.1. The Hall–Kier alpha value is -2.44. The van der Waals surface area contributed by atoms with Crippen molar-refractivity contribution in [2.45, 2.75) is 46.0 Å². The van der Waals surface area contributed by atoms with Gasteiger partial charge in [0.1, 0.15) is 0 Å². The number of carbonyl (C=O) groups is 4. The second kappa shape index (κ2) is 9.49. The first-order valence-corrected chi connectivity index (χ1v) is 6.69. The fourth-order valence-corrected chi connectivity index (χ4v) is 1.73. The van der Waals surface area contributed by atoms with E-state index in [4.69, 9.17) is 15.3 Å². The van der Waals surface area contributed by atoms with Crippen molar-refractivity contribution in [3.05, 3.63) is 22.8 Å². The lowest BCUT2D eigenvalue weighted by Crippen LogP contribution is -2.09. The van der Waals surface area contributed by atoms with Crippen LogP contribution in [0.5, 0.6) is 0 Å². The molecule has 122 valence electrons. The third kappa shape index (κ3) is 8.68. The van der Waals surface area contributed by atoms with Crippen LogP contribution in [0.25, 0.3) is 0 Å². The summed E-state index contributed by atoms with van der Waals surface area (Å²) in [5.74, 6) is -3.73. The van der Waals surface area contributed by atoms with Crippen molar-refractivity contribution in [1.29, 1.82) is 0 Å². The molecule has 0 aromatic heterocycles. The number of allylic oxidation sites excluding steroid dienone is 3. The maximum absolute atomic E-state index is 12.1.